The molecule has 0 spiro atoms. The number of benzene rings is 1. The second kappa shape index (κ2) is 5.43. The van der Waals surface area contributed by atoms with E-state index in [4.69, 9.17) is 0 Å². The summed E-state index contributed by atoms with van der Waals surface area (Å²) in [5, 5.41) is 3.72. The van der Waals surface area contributed by atoms with Crippen LogP contribution in [0.4, 0.5) is 5.69 Å². The summed E-state index contributed by atoms with van der Waals surface area (Å²) in [5.74, 6) is 1.60. The highest BCUT2D eigenvalue weighted by atomic mass is 79.9. The molecule has 1 aromatic rings. The Labute approximate surface area is 113 Å². The van der Waals surface area contributed by atoms with Gasteiger partial charge in [0.25, 0.3) is 0 Å². The number of halogens is 1. The van der Waals surface area contributed by atoms with E-state index in [2.05, 4.69) is 60.2 Å². The van der Waals surface area contributed by atoms with Gasteiger partial charge in [-0.25, -0.2) is 0 Å². The second-order valence-electron chi connectivity index (χ2n) is 5.50. The molecule has 0 aliphatic heterocycles. The first-order valence-corrected chi connectivity index (χ1v) is 7.40. The van der Waals surface area contributed by atoms with E-state index in [1.807, 2.05) is 0 Å². The molecule has 0 aromatic heterocycles. The van der Waals surface area contributed by atoms with Crippen LogP contribution >= 0.6 is 15.9 Å². The maximum Gasteiger partial charge on any atom is 0.0489 e. The van der Waals surface area contributed by atoms with Crippen molar-refractivity contribution < 1.29 is 0 Å². The highest BCUT2D eigenvalue weighted by Crippen LogP contribution is 2.33. The Hall–Kier alpha value is -0.500. The van der Waals surface area contributed by atoms with Gasteiger partial charge in [-0.1, -0.05) is 32.8 Å². The molecule has 1 saturated carbocycles. The van der Waals surface area contributed by atoms with Crippen LogP contribution in [0, 0.1) is 18.8 Å². The first kappa shape index (κ1) is 12.9. The van der Waals surface area contributed by atoms with E-state index in [1.54, 1.807) is 0 Å². The van der Waals surface area contributed by atoms with Crippen molar-refractivity contribution in [1.29, 1.82) is 0 Å². The van der Waals surface area contributed by atoms with Gasteiger partial charge < -0.3 is 5.32 Å². The molecule has 0 saturated heterocycles. The van der Waals surface area contributed by atoms with Crippen molar-refractivity contribution in [1.82, 2.24) is 0 Å². The Balaban J connectivity index is 2.11. The molecule has 1 aromatic carbocycles. The van der Waals surface area contributed by atoms with Crippen molar-refractivity contribution in [2.24, 2.45) is 11.8 Å². The van der Waals surface area contributed by atoms with Crippen molar-refractivity contribution in [2.45, 2.75) is 46.1 Å². The summed E-state index contributed by atoms with van der Waals surface area (Å²) in [4.78, 5) is 0. The van der Waals surface area contributed by atoms with Gasteiger partial charge in [-0.3, -0.25) is 0 Å². The number of anilines is 1. The van der Waals surface area contributed by atoms with Gasteiger partial charge in [0.1, 0.15) is 0 Å². The lowest BCUT2D eigenvalue weighted by Gasteiger charge is -2.35. The van der Waals surface area contributed by atoms with Gasteiger partial charge in [-0.2, -0.15) is 0 Å². The molecule has 0 radical (unpaired) electrons. The van der Waals surface area contributed by atoms with Crippen LogP contribution in [0.5, 0.6) is 0 Å². The molecule has 0 heterocycles. The zero-order valence-corrected chi connectivity index (χ0v) is 12.5. The smallest absolute Gasteiger partial charge is 0.0489 e. The molecule has 3 atom stereocenters. The summed E-state index contributed by atoms with van der Waals surface area (Å²) in [7, 11) is 0. The Morgan fingerprint density at radius 2 is 2.00 bits per heavy atom. The van der Waals surface area contributed by atoms with Crippen LogP contribution in [0.1, 0.15) is 38.7 Å². The number of rotatable bonds is 2. The third-order valence-corrected chi connectivity index (χ3v) is 4.86. The summed E-state index contributed by atoms with van der Waals surface area (Å²) in [6, 6.07) is 7.13. The van der Waals surface area contributed by atoms with Crippen LogP contribution in [0.25, 0.3) is 0 Å². The molecule has 3 unspecified atom stereocenters. The number of nitrogens with one attached hydrogen (secondary N) is 1. The fourth-order valence-electron chi connectivity index (χ4n) is 2.74. The third kappa shape index (κ3) is 3.04. The quantitative estimate of drug-likeness (QED) is 0.810. The highest BCUT2D eigenvalue weighted by molar-refractivity contribution is 9.10. The first-order chi connectivity index (χ1) is 8.08. The summed E-state index contributed by atoms with van der Waals surface area (Å²) in [5.41, 5.74) is 2.56. The summed E-state index contributed by atoms with van der Waals surface area (Å²) < 4.78 is 1.17. The maximum absolute atomic E-state index is 3.72. The van der Waals surface area contributed by atoms with Gasteiger partial charge >= 0.3 is 0 Å². The summed E-state index contributed by atoms with van der Waals surface area (Å²) in [6.45, 7) is 6.90. The van der Waals surface area contributed by atoms with Crippen LogP contribution in [-0.4, -0.2) is 6.04 Å². The van der Waals surface area contributed by atoms with Crippen molar-refractivity contribution >= 4 is 21.6 Å². The molecule has 0 amide bonds. The molecule has 94 valence electrons. The van der Waals surface area contributed by atoms with Gasteiger partial charge in [0.05, 0.1) is 0 Å². The number of hydrogen-bond donors (Lipinski definition) is 1. The van der Waals surface area contributed by atoms with Crippen molar-refractivity contribution in [3.05, 3.63) is 28.2 Å². The highest BCUT2D eigenvalue weighted by Gasteiger charge is 2.27. The lowest BCUT2D eigenvalue weighted by Crippen LogP contribution is -2.35. The minimum Gasteiger partial charge on any atom is -0.381 e. The van der Waals surface area contributed by atoms with E-state index in [0.29, 0.717) is 6.04 Å². The van der Waals surface area contributed by atoms with Gasteiger partial charge in [-0.15, -0.1) is 0 Å². The van der Waals surface area contributed by atoms with Crippen LogP contribution in [0.15, 0.2) is 22.7 Å². The van der Waals surface area contributed by atoms with E-state index in [1.165, 1.54) is 35.0 Å². The van der Waals surface area contributed by atoms with E-state index in [9.17, 15) is 0 Å². The zero-order chi connectivity index (χ0) is 12.4. The largest absolute Gasteiger partial charge is 0.381 e. The molecule has 2 heteroatoms. The van der Waals surface area contributed by atoms with E-state index in [0.717, 1.165) is 11.8 Å². The standard InChI is InChI=1S/C15H22BrN/c1-10-7-8-13(16)15(9-10)17-14-6-4-5-11(2)12(14)3/h7-9,11-12,14,17H,4-6H2,1-3H3. The zero-order valence-electron chi connectivity index (χ0n) is 11.0. The lowest BCUT2D eigenvalue weighted by atomic mass is 9.78. The van der Waals surface area contributed by atoms with Crippen LogP contribution in [0.3, 0.4) is 0 Å². The molecule has 1 fully saturated rings. The van der Waals surface area contributed by atoms with Crippen molar-refractivity contribution in [3.8, 4) is 0 Å². The molecule has 2 rings (SSSR count). The van der Waals surface area contributed by atoms with E-state index >= 15 is 0 Å². The minimum absolute atomic E-state index is 0.622. The Kier molecular flexibility index (Phi) is 4.13. The Bertz CT molecular complexity index is 389. The molecule has 1 aliphatic carbocycles. The molecular weight excluding hydrogens is 274 g/mol. The Morgan fingerprint density at radius 3 is 2.76 bits per heavy atom. The minimum atomic E-state index is 0.622. The van der Waals surface area contributed by atoms with Gasteiger partial charge in [0.2, 0.25) is 0 Å². The van der Waals surface area contributed by atoms with Crippen molar-refractivity contribution in [3.63, 3.8) is 0 Å². The number of aryl methyl sites for hydroxylation is 1. The SMILES string of the molecule is Cc1ccc(Br)c(NC2CCCC(C)C2C)c1. The topological polar surface area (TPSA) is 12.0 Å². The number of hydrogen-bond acceptors (Lipinski definition) is 1. The molecule has 17 heavy (non-hydrogen) atoms. The lowest BCUT2D eigenvalue weighted by molar-refractivity contribution is 0.253. The Morgan fingerprint density at radius 1 is 1.24 bits per heavy atom. The van der Waals surface area contributed by atoms with Gasteiger partial charge in [0.15, 0.2) is 0 Å². The molecular formula is C15H22BrN. The van der Waals surface area contributed by atoms with Crippen molar-refractivity contribution in [2.75, 3.05) is 5.32 Å². The van der Waals surface area contributed by atoms with Crippen LogP contribution in [-0.2, 0) is 0 Å². The normalized spacial score (nSPS) is 29.1. The fraction of sp³-hybridized carbons (Fsp3) is 0.600. The molecule has 0 bridgehead atoms. The molecule has 1 N–H and O–H groups in total. The summed E-state index contributed by atoms with van der Waals surface area (Å²) in [6.07, 6.45) is 4.03. The van der Waals surface area contributed by atoms with E-state index in [-0.39, 0.29) is 0 Å². The van der Waals surface area contributed by atoms with Crippen LogP contribution in [0.2, 0.25) is 0 Å². The fourth-order valence-corrected chi connectivity index (χ4v) is 3.10. The second-order valence-corrected chi connectivity index (χ2v) is 6.36. The van der Waals surface area contributed by atoms with Gasteiger partial charge in [-0.05, 0) is 58.8 Å². The molecule has 1 aliphatic rings. The predicted molar refractivity (Wildman–Crippen MR) is 78.5 cm³/mol. The van der Waals surface area contributed by atoms with Gasteiger partial charge in [0, 0.05) is 16.2 Å². The average Bonchev–Trinajstić information content (AvgIpc) is 2.30. The predicted octanol–water partition coefficient (Wildman–Crippen LogP) is 4.99. The van der Waals surface area contributed by atoms with E-state index < -0.39 is 0 Å². The average molecular weight is 296 g/mol. The third-order valence-electron chi connectivity index (χ3n) is 4.17. The first-order valence-electron chi connectivity index (χ1n) is 6.60. The molecule has 1 nitrogen and oxygen atoms in total. The monoisotopic (exact) mass is 295 g/mol. The maximum atomic E-state index is 3.72. The summed E-state index contributed by atoms with van der Waals surface area (Å²) >= 11 is 3.63. The van der Waals surface area contributed by atoms with Crippen LogP contribution < -0.4 is 5.32 Å².